The lowest BCUT2D eigenvalue weighted by molar-refractivity contribution is 0.201. The topological polar surface area (TPSA) is 52.5 Å². The van der Waals surface area contributed by atoms with Crippen molar-refractivity contribution in [2.45, 2.75) is 38.7 Å². The lowest BCUT2D eigenvalue weighted by Crippen LogP contribution is -2.29. The SMILES string of the molecule is CCCCNCC(O)C1=CC=C(O)CC1. The molecule has 15 heavy (non-hydrogen) atoms. The van der Waals surface area contributed by atoms with Crippen molar-refractivity contribution >= 4 is 0 Å². The first-order chi connectivity index (χ1) is 7.24. The van der Waals surface area contributed by atoms with Crippen LogP contribution < -0.4 is 5.32 Å². The first-order valence-corrected chi connectivity index (χ1v) is 5.71. The first-order valence-electron chi connectivity index (χ1n) is 5.71. The Morgan fingerprint density at radius 1 is 1.40 bits per heavy atom. The van der Waals surface area contributed by atoms with Gasteiger partial charge >= 0.3 is 0 Å². The lowest BCUT2D eigenvalue weighted by atomic mass is 9.99. The minimum absolute atomic E-state index is 0.407. The molecule has 0 amide bonds. The Labute approximate surface area is 91.5 Å². The van der Waals surface area contributed by atoms with Crippen molar-refractivity contribution in [3.63, 3.8) is 0 Å². The predicted octanol–water partition coefficient (Wildman–Crippen LogP) is 1.90. The molecule has 0 spiro atoms. The molecular formula is C12H21NO2. The highest BCUT2D eigenvalue weighted by Gasteiger charge is 2.13. The zero-order chi connectivity index (χ0) is 11.1. The van der Waals surface area contributed by atoms with Gasteiger partial charge in [0.2, 0.25) is 0 Å². The third-order valence-corrected chi connectivity index (χ3v) is 2.63. The van der Waals surface area contributed by atoms with Gasteiger partial charge in [-0.3, -0.25) is 0 Å². The molecule has 0 fully saturated rings. The summed E-state index contributed by atoms with van der Waals surface area (Å²) in [6, 6.07) is 0. The zero-order valence-corrected chi connectivity index (χ0v) is 9.37. The summed E-state index contributed by atoms with van der Waals surface area (Å²) in [5.74, 6) is 0.407. The summed E-state index contributed by atoms with van der Waals surface area (Å²) >= 11 is 0. The van der Waals surface area contributed by atoms with Gasteiger partial charge in [0, 0.05) is 13.0 Å². The van der Waals surface area contributed by atoms with Gasteiger partial charge in [-0.15, -0.1) is 0 Å². The molecule has 86 valence electrons. The van der Waals surface area contributed by atoms with E-state index in [9.17, 15) is 10.2 Å². The van der Waals surface area contributed by atoms with Gasteiger partial charge in [-0.25, -0.2) is 0 Å². The number of nitrogens with one attached hydrogen (secondary N) is 1. The summed E-state index contributed by atoms with van der Waals surface area (Å²) in [7, 11) is 0. The Morgan fingerprint density at radius 2 is 2.20 bits per heavy atom. The molecular weight excluding hydrogens is 190 g/mol. The van der Waals surface area contributed by atoms with E-state index in [1.165, 1.54) is 6.42 Å². The molecule has 0 saturated carbocycles. The smallest absolute Gasteiger partial charge is 0.0925 e. The van der Waals surface area contributed by atoms with Crippen molar-refractivity contribution in [3.05, 3.63) is 23.5 Å². The van der Waals surface area contributed by atoms with Gasteiger partial charge in [-0.05, 0) is 31.0 Å². The van der Waals surface area contributed by atoms with Crippen molar-refractivity contribution in [2.24, 2.45) is 0 Å². The molecule has 0 radical (unpaired) electrons. The molecule has 3 heteroatoms. The Morgan fingerprint density at radius 3 is 2.80 bits per heavy atom. The van der Waals surface area contributed by atoms with E-state index in [1.807, 2.05) is 6.08 Å². The molecule has 0 aliphatic heterocycles. The largest absolute Gasteiger partial charge is 0.512 e. The molecule has 1 aliphatic carbocycles. The number of hydrogen-bond donors (Lipinski definition) is 3. The minimum Gasteiger partial charge on any atom is -0.512 e. The average molecular weight is 211 g/mol. The monoisotopic (exact) mass is 211 g/mol. The molecule has 0 heterocycles. The Balaban J connectivity index is 2.25. The standard InChI is InChI=1S/C12H21NO2/c1-2-3-8-13-9-12(15)10-4-6-11(14)7-5-10/h4,6,12-15H,2-3,5,7-9H2,1H3. The van der Waals surface area contributed by atoms with E-state index >= 15 is 0 Å². The summed E-state index contributed by atoms with van der Waals surface area (Å²) < 4.78 is 0. The van der Waals surface area contributed by atoms with E-state index in [4.69, 9.17) is 0 Å². The summed E-state index contributed by atoms with van der Waals surface area (Å²) in [6.45, 7) is 3.72. The van der Waals surface area contributed by atoms with Crippen LogP contribution in [-0.4, -0.2) is 29.4 Å². The van der Waals surface area contributed by atoms with E-state index in [1.54, 1.807) is 6.08 Å². The molecule has 0 bridgehead atoms. The average Bonchev–Trinajstić information content (AvgIpc) is 2.25. The maximum Gasteiger partial charge on any atom is 0.0925 e. The molecule has 1 unspecified atom stereocenters. The predicted molar refractivity (Wildman–Crippen MR) is 61.8 cm³/mol. The van der Waals surface area contributed by atoms with Crippen LogP contribution in [0.15, 0.2) is 23.5 Å². The Hall–Kier alpha value is -0.800. The molecule has 0 aromatic carbocycles. The molecule has 1 rings (SSSR count). The summed E-state index contributed by atoms with van der Waals surface area (Å²) in [6.07, 6.45) is 6.82. The van der Waals surface area contributed by atoms with E-state index in [0.717, 1.165) is 25.0 Å². The van der Waals surface area contributed by atoms with Crippen molar-refractivity contribution < 1.29 is 10.2 Å². The normalized spacial score (nSPS) is 18.3. The van der Waals surface area contributed by atoms with Crippen LogP contribution in [0, 0.1) is 0 Å². The fourth-order valence-corrected chi connectivity index (χ4v) is 1.59. The van der Waals surface area contributed by atoms with Gasteiger partial charge in [0.15, 0.2) is 0 Å². The van der Waals surface area contributed by atoms with Crippen molar-refractivity contribution in [1.29, 1.82) is 0 Å². The minimum atomic E-state index is -0.411. The Kier molecular flexibility index (Phi) is 5.43. The fraction of sp³-hybridized carbons (Fsp3) is 0.667. The van der Waals surface area contributed by atoms with Crippen LogP contribution in [0.2, 0.25) is 0 Å². The van der Waals surface area contributed by atoms with Gasteiger partial charge in [-0.2, -0.15) is 0 Å². The van der Waals surface area contributed by atoms with E-state index in [0.29, 0.717) is 18.7 Å². The van der Waals surface area contributed by atoms with E-state index in [-0.39, 0.29) is 0 Å². The molecule has 1 aliphatic rings. The number of aliphatic hydroxyl groups excluding tert-OH is 2. The van der Waals surface area contributed by atoms with E-state index in [2.05, 4.69) is 12.2 Å². The van der Waals surface area contributed by atoms with Crippen LogP contribution in [0.5, 0.6) is 0 Å². The van der Waals surface area contributed by atoms with Crippen LogP contribution in [-0.2, 0) is 0 Å². The van der Waals surface area contributed by atoms with Crippen molar-refractivity contribution in [1.82, 2.24) is 5.32 Å². The second-order valence-electron chi connectivity index (χ2n) is 3.97. The van der Waals surface area contributed by atoms with Gasteiger partial charge in [-0.1, -0.05) is 19.4 Å². The summed E-state index contributed by atoms with van der Waals surface area (Å²) in [5, 5.41) is 22.2. The van der Waals surface area contributed by atoms with E-state index < -0.39 is 6.10 Å². The highest BCUT2D eigenvalue weighted by molar-refractivity contribution is 5.23. The zero-order valence-electron chi connectivity index (χ0n) is 9.37. The number of rotatable bonds is 6. The number of allylic oxidation sites excluding steroid dienone is 3. The second-order valence-corrected chi connectivity index (χ2v) is 3.97. The summed E-state index contributed by atoms with van der Waals surface area (Å²) in [5.41, 5.74) is 1.01. The Bertz CT molecular complexity index is 246. The van der Waals surface area contributed by atoms with Crippen LogP contribution in [0.1, 0.15) is 32.6 Å². The molecule has 3 nitrogen and oxygen atoms in total. The first kappa shape index (κ1) is 12.3. The number of aliphatic hydroxyl groups is 2. The molecule has 0 aromatic heterocycles. The molecule has 3 N–H and O–H groups in total. The number of hydrogen-bond acceptors (Lipinski definition) is 3. The third-order valence-electron chi connectivity index (χ3n) is 2.63. The quantitative estimate of drug-likeness (QED) is 0.588. The van der Waals surface area contributed by atoms with Crippen LogP contribution in [0.3, 0.4) is 0 Å². The van der Waals surface area contributed by atoms with Gasteiger partial charge in [0.05, 0.1) is 11.9 Å². The number of unbranched alkanes of at least 4 members (excludes halogenated alkanes) is 1. The molecule has 0 saturated heterocycles. The fourth-order valence-electron chi connectivity index (χ4n) is 1.59. The lowest BCUT2D eigenvalue weighted by Gasteiger charge is -2.17. The van der Waals surface area contributed by atoms with Crippen molar-refractivity contribution in [3.8, 4) is 0 Å². The molecule has 1 atom stereocenters. The van der Waals surface area contributed by atoms with Gasteiger partial charge in [0.25, 0.3) is 0 Å². The van der Waals surface area contributed by atoms with Crippen LogP contribution >= 0.6 is 0 Å². The highest BCUT2D eigenvalue weighted by Crippen LogP contribution is 2.18. The molecule has 0 aromatic rings. The maximum atomic E-state index is 9.82. The van der Waals surface area contributed by atoms with Crippen LogP contribution in [0.25, 0.3) is 0 Å². The summed E-state index contributed by atoms with van der Waals surface area (Å²) in [4.78, 5) is 0. The van der Waals surface area contributed by atoms with Crippen LogP contribution in [0.4, 0.5) is 0 Å². The maximum absolute atomic E-state index is 9.82. The highest BCUT2D eigenvalue weighted by atomic mass is 16.3. The second kappa shape index (κ2) is 6.64. The van der Waals surface area contributed by atoms with Crippen molar-refractivity contribution in [2.75, 3.05) is 13.1 Å². The van der Waals surface area contributed by atoms with Gasteiger partial charge < -0.3 is 15.5 Å². The van der Waals surface area contributed by atoms with Gasteiger partial charge in [0.1, 0.15) is 0 Å². The third kappa shape index (κ3) is 4.49.